The Kier molecular flexibility index (Phi) is 4.32. The number of hydrogen-bond acceptors (Lipinski definition) is 4. The second-order valence-electron chi connectivity index (χ2n) is 8.57. The topological polar surface area (TPSA) is 52.0 Å². The van der Waals surface area contributed by atoms with E-state index in [1.54, 1.807) is 0 Å². The molecular weight excluding hydrogens is 334 g/mol. The zero-order chi connectivity index (χ0) is 18.1. The van der Waals surface area contributed by atoms with Crippen LogP contribution in [0.3, 0.4) is 0 Å². The molecule has 0 spiro atoms. The fraction of sp³-hybridized carbons (Fsp3) is 0.455. The average molecular weight is 361 g/mol. The normalized spacial score (nSPS) is 31.3. The maximum absolute atomic E-state index is 4.80. The van der Waals surface area contributed by atoms with E-state index in [9.17, 15) is 0 Å². The minimum absolute atomic E-state index is 0.0910. The Hall–Kier alpha value is -2.40. The maximum atomic E-state index is 4.80. The molecule has 5 nitrogen and oxygen atoms in total. The lowest BCUT2D eigenvalue weighted by Crippen LogP contribution is -2.49. The third kappa shape index (κ3) is 3.44. The Morgan fingerprint density at radius 2 is 1.22 bits per heavy atom. The van der Waals surface area contributed by atoms with Gasteiger partial charge in [-0.05, 0) is 80.5 Å². The largest absolute Gasteiger partial charge is 0.258 e. The molecule has 2 aromatic rings. The summed E-state index contributed by atoms with van der Waals surface area (Å²) in [4.78, 5) is 0. The highest BCUT2D eigenvalue weighted by Crippen LogP contribution is 2.57. The van der Waals surface area contributed by atoms with Crippen molar-refractivity contribution in [2.24, 2.45) is 28.1 Å². The standard InChI is InChI=1S/C22H27N5/c1-3-7-20(8-4-1)27(21-9-5-2-6-10-21)26-25-24-23-22-14-17-11-18(15-22)13-19(12-17)16-22/h1-10,17-19H,11-16H2,(H,23,25)(H,24,26). The Bertz CT molecular complexity index is 714. The minimum Gasteiger partial charge on any atom is -0.258 e. The number of hydrazine groups is 2. The molecule has 4 aliphatic carbocycles. The van der Waals surface area contributed by atoms with Crippen molar-refractivity contribution in [2.45, 2.75) is 44.1 Å². The zero-order valence-corrected chi connectivity index (χ0v) is 15.6. The van der Waals surface area contributed by atoms with Crippen molar-refractivity contribution in [3.8, 4) is 0 Å². The second kappa shape index (κ2) is 6.97. The van der Waals surface area contributed by atoms with Gasteiger partial charge in [0.1, 0.15) is 0 Å². The minimum atomic E-state index is 0.0910. The molecule has 5 heteroatoms. The average Bonchev–Trinajstić information content (AvgIpc) is 2.68. The molecule has 4 saturated carbocycles. The van der Waals surface area contributed by atoms with E-state index in [-0.39, 0.29) is 5.54 Å². The van der Waals surface area contributed by atoms with Gasteiger partial charge in [-0.2, -0.15) is 5.11 Å². The van der Waals surface area contributed by atoms with Crippen molar-refractivity contribution in [1.29, 1.82) is 0 Å². The predicted octanol–water partition coefficient (Wildman–Crippen LogP) is 5.17. The van der Waals surface area contributed by atoms with Gasteiger partial charge in [-0.15, -0.1) is 5.53 Å². The van der Waals surface area contributed by atoms with Gasteiger partial charge in [0, 0.05) is 0 Å². The maximum Gasteiger partial charge on any atom is 0.0845 e. The van der Waals surface area contributed by atoms with E-state index in [0.29, 0.717) is 0 Å². The molecule has 27 heavy (non-hydrogen) atoms. The summed E-state index contributed by atoms with van der Waals surface area (Å²) in [5, 5.41) is 11.2. The van der Waals surface area contributed by atoms with Crippen LogP contribution in [0.4, 0.5) is 11.4 Å². The van der Waals surface area contributed by atoms with Gasteiger partial charge in [0.2, 0.25) is 0 Å². The molecule has 0 heterocycles. The van der Waals surface area contributed by atoms with Crippen LogP contribution in [0.5, 0.6) is 0 Å². The molecule has 0 amide bonds. The van der Waals surface area contributed by atoms with E-state index in [1.807, 2.05) is 41.4 Å². The van der Waals surface area contributed by atoms with Gasteiger partial charge in [-0.1, -0.05) is 41.6 Å². The zero-order valence-electron chi connectivity index (χ0n) is 15.6. The van der Waals surface area contributed by atoms with Gasteiger partial charge in [-0.25, -0.2) is 5.53 Å². The first-order valence-electron chi connectivity index (χ1n) is 10.1. The van der Waals surface area contributed by atoms with Gasteiger partial charge >= 0.3 is 0 Å². The second-order valence-corrected chi connectivity index (χ2v) is 8.57. The first-order chi connectivity index (χ1) is 13.3. The summed E-state index contributed by atoms with van der Waals surface area (Å²) in [6.45, 7) is 0. The van der Waals surface area contributed by atoms with E-state index < -0.39 is 0 Å². The number of nitrogens with zero attached hydrogens (tertiary/aromatic N) is 3. The van der Waals surface area contributed by atoms with Gasteiger partial charge in [0.05, 0.1) is 16.9 Å². The van der Waals surface area contributed by atoms with Gasteiger partial charge in [0.15, 0.2) is 0 Å². The lowest BCUT2D eigenvalue weighted by Gasteiger charge is -2.54. The van der Waals surface area contributed by atoms with E-state index >= 15 is 0 Å². The molecule has 0 unspecified atom stereocenters. The summed E-state index contributed by atoms with van der Waals surface area (Å²) < 4.78 is 0. The summed E-state index contributed by atoms with van der Waals surface area (Å²) in [6.07, 6.45) is 7.96. The fourth-order valence-corrected chi connectivity index (χ4v) is 5.82. The van der Waals surface area contributed by atoms with Gasteiger partial charge in [0.25, 0.3) is 0 Å². The van der Waals surface area contributed by atoms with Crippen LogP contribution in [0.2, 0.25) is 0 Å². The van der Waals surface area contributed by atoms with Crippen molar-refractivity contribution in [2.75, 3.05) is 5.01 Å². The molecule has 4 aliphatic rings. The Morgan fingerprint density at radius 3 is 1.70 bits per heavy atom. The van der Waals surface area contributed by atoms with Gasteiger partial charge < -0.3 is 0 Å². The van der Waals surface area contributed by atoms with E-state index in [2.05, 4.69) is 40.6 Å². The van der Waals surface area contributed by atoms with Crippen molar-refractivity contribution in [3.05, 3.63) is 60.7 Å². The summed E-state index contributed by atoms with van der Waals surface area (Å²) in [7, 11) is 0. The lowest BCUT2D eigenvalue weighted by molar-refractivity contribution is -0.00290. The number of anilines is 2. The molecule has 4 fully saturated rings. The fourth-order valence-electron chi connectivity index (χ4n) is 5.82. The Morgan fingerprint density at radius 1 is 0.741 bits per heavy atom. The third-order valence-corrected chi connectivity index (χ3v) is 6.51. The molecule has 0 aliphatic heterocycles. The first kappa shape index (κ1) is 16.8. The van der Waals surface area contributed by atoms with Crippen LogP contribution in [0, 0.1) is 17.8 Å². The molecule has 6 rings (SSSR count). The summed E-state index contributed by atoms with van der Waals surface area (Å²) in [5.74, 6) is 2.65. The number of benzene rings is 2. The first-order valence-corrected chi connectivity index (χ1v) is 10.1. The molecule has 0 aromatic heterocycles. The number of para-hydroxylation sites is 2. The number of nitrogens with one attached hydrogen (secondary N) is 2. The highest BCUT2D eigenvalue weighted by molar-refractivity contribution is 5.61. The van der Waals surface area contributed by atoms with E-state index in [0.717, 1.165) is 29.1 Å². The van der Waals surface area contributed by atoms with Crippen LogP contribution in [0.15, 0.2) is 71.0 Å². The molecule has 0 radical (unpaired) electrons. The molecule has 140 valence electrons. The monoisotopic (exact) mass is 361 g/mol. The lowest BCUT2D eigenvalue weighted by atomic mass is 9.53. The number of rotatable bonds is 6. The molecule has 4 bridgehead atoms. The van der Waals surface area contributed by atoms with Crippen LogP contribution < -0.4 is 16.1 Å². The molecule has 2 N–H and O–H groups in total. The quantitative estimate of drug-likeness (QED) is 0.551. The molecule has 0 saturated heterocycles. The smallest absolute Gasteiger partial charge is 0.0845 e. The highest BCUT2D eigenvalue weighted by atomic mass is 15.8. The van der Waals surface area contributed by atoms with Crippen LogP contribution in [0.25, 0.3) is 0 Å². The summed E-state index contributed by atoms with van der Waals surface area (Å²) in [6, 6.07) is 20.4. The van der Waals surface area contributed by atoms with E-state index in [4.69, 9.17) is 5.11 Å². The van der Waals surface area contributed by atoms with Crippen molar-refractivity contribution in [3.63, 3.8) is 0 Å². The van der Waals surface area contributed by atoms with Crippen LogP contribution in [0.1, 0.15) is 38.5 Å². The third-order valence-electron chi connectivity index (χ3n) is 6.51. The van der Waals surface area contributed by atoms with Crippen LogP contribution in [-0.2, 0) is 0 Å². The summed E-state index contributed by atoms with van der Waals surface area (Å²) in [5.41, 5.74) is 8.38. The van der Waals surface area contributed by atoms with Crippen molar-refractivity contribution in [1.82, 2.24) is 11.1 Å². The van der Waals surface area contributed by atoms with E-state index in [1.165, 1.54) is 38.5 Å². The van der Waals surface area contributed by atoms with Crippen LogP contribution >= 0.6 is 0 Å². The SMILES string of the molecule is c1ccc(N(NNN=NC23CC4CC(CC(C4)C2)C3)c2ccccc2)cc1. The Labute approximate surface area is 160 Å². The summed E-state index contributed by atoms with van der Waals surface area (Å²) >= 11 is 0. The molecule has 2 aromatic carbocycles. The van der Waals surface area contributed by atoms with Gasteiger partial charge in [-0.3, -0.25) is 5.01 Å². The predicted molar refractivity (Wildman–Crippen MR) is 107 cm³/mol. The highest BCUT2D eigenvalue weighted by Gasteiger charge is 2.51. The molecular formula is C22H27N5. The van der Waals surface area contributed by atoms with Crippen LogP contribution in [-0.4, -0.2) is 5.54 Å². The molecule has 0 atom stereocenters. The Balaban J connectivity index is 1.28. The van der Waals surface area contributed by atoms with Crippen molar-refractivity contribution < 1.29 is 0 Å². The number of hydrogen-bond donors (Lipinski definition) is 2. The van der Waals surface area contributed by atoms with Crippen molar-refractivity contribution >= 4 is 11.4 Å².